The van der Waals surface area contributed by atoms with Crippen LogP contribution in [0.1, 0.15) is 37.0 Å². The number of halogens is 2. The molecule has 3 N–H and O–H groups in total. The molecule has 1 saturated heterocycles. The number of rotatable bonds is 10. The molecule has 0 spiro atoms. The third-order valence-electron chi connectivity index (χ3n) is 6.35. The Balaban J connectivity index is 1.52. The van der Waals surface area contributed by atoms with Gasteiger partial charge in [-0.05, 0) is 43.2 Å². The van der Waals surface area contributed by atoms with Crippen LogP contribution in [0.2, 0.25) is 0 Å². The standard InChI is InChI=1S/C27H32F2N6O4/c1-4-34-16-22(24(39-34)18-12-13-20(28)21(29)15-18)31-27(37)32-25-17(2)26(38-14-8-11-23(36)30-3)33-35(25)19-9-6-5-7-10-19/h5-7,9-10,12-13,15,22,24H,4,8,11,14,16H2,1-3H3,(H,30,36)(H2,31,32,37)/t22-,24+/m1/s1. The number of hydrogen-bond donors (Lipinski definition) is 3. The highest BCUT2D eigenvalue weighted by Gasteiger charge is 2.36. The van der Waals surface area contributed by atoms with Crippen molar-refractivity contribution in [1.82, 2.24) is 25.5 Å². The van der Waals surface area contributed by atoms with Crippen molar-refractivity contribution in [2.75, 3.05) is 32.1 Å². The molecule has 0 radical (unpaired) electrons. The van der Waals surface area contributed by atoms with E-state index in [0.717, 1.165) is 12.1 Å². The average molecular weight is 543 g/mol. The van der Waals surface area contributed by atoms with E-state index in [2.05, 4.69) is 21.0 Å². The number of urea groups is 1. The van der Waals surface area contributed by atoms with Gasteiger partial charge in [-0.25, -0.2) is 18.3 Å². The van der Waals surface area contributed by atoms with Crippen LogP contribution in [0.5, 0.6) is 5.88 Å². The maximum Gasteiger partial charge on any atom is 0.320 e. The molecule has 39 heavy (non-hydrogen) atoms. The van der Waals surface area contributed by atoms with Crippen molar-refractivity contribution in [3.8, 4) is 11.6 Å². The normalized spacial score (nSPS) is 17.2. The monoisotopic (exact) mass is 542 g/mol. The predicted octanol–water partition coefficient (Wildman–Crippen LogP) is 3.86. The van der Waals surface area contributed by atoms with Crippen molar-refractivity contribution in [3.63, 3.8) is 0 Å². The molecule has 1 aromatic heterocycles. The van der Waals surface area contributed by atoms with Crippen LogP contribution in [0.25, 0.3) is 5.69 Å². The topological polar surface area (TPSA) is 110 Å². The zero-order valence-corrected chi connectivity index (χ0v) is 22.0. The summed E-state index contributed by atoms with van der Waals surface area (Å²) in [5.41, 5.74) is 1.72. The van der Waals surface area contributed by atoms with Crippen molar-refractivity contribution in [2.45, 2.75) is 38.8 Å². The molecule has 4 rings (SSSR count). The van der Waals surface area contributed by atoms with Gasteiger partial charge in [0, 0.05) is 26.6 Å². The minimum atomic E-state index is -0.987. The first-order valence-electron chi connectivity index (χ1n) is 12.7. The number of amides is 3. The van der Waals surface area contributed by atoms with E-state index in [4.69, 9.17) is 9.57 Å². The number of aromatic nitrogens is 2. The van der Waals surface area contributed by atoms with Crippen molar-refractivity contribution in [1.29, 1.82) is 0 Å². The maximum atomic E-state index is 13.9. The zero-order valence-electron chi connectivity index (χ0n) is 22.0. The molecule has 0 saturated carbocycles. The second kappa shape index (κ2) is 12.7. The van der Waals surface area contributed by atoms with Crippen LogP contribution in [-0.4, -0.2) is 59.6 Å². The summed E-state index contributed by atoms with van der Waals surface area (Å²) in [4.78, 5) is 30.6. The van der Waals surface area contributed by atoms with Gasteiger partial charge in [-0.2, -0.15) is 5.06 Å². The summed E-state index contributed by atoms with van der Waals surface area (Å²) in [6.07, 6.45) is 0.117. The highest BCUT2D eigenvalue weighted by Crippen LogP contribution is 2.31. The molecule has 2 aromatic carbocycles. The van der Waals surface area contributed by atoms with Gasteiger partial charge < -0.3 is 15.4 Å². The molecule has 10 nitrogen and oxygen atoms in total. The van der Waals surface area contributed by atoms with Crippen LogP contribution in [0.15, 0.2) is 48.5 Å². The largest absolute Gasteiger partial charge is 0.476 e. The number of nitrogens with zero attached hydrogens (tertiary/aromatic N) is 3. The first-order valence-corrected chi connectivity index (χ1v) is 12.7. The van der Waals surface area contributed by atoms with E-state index < -0.39 is 29.8 Å². The predicted molar refractivity (Wildman–Crippen MR) is 140 cm³/mol. The number of ether oxygens (including phenoxy) is 1. The first-order chi connectivity index (χ1) is 18.8. The van der Waals surface area contributed by atoms with Gasteiger partial charge in [0.25, 0.3) is 0 Å². The summed E-state index contributed by atoms with van der Waals surface area (Å²) < 4.78 is 34.8. The molecule has 12 heteroatoms. The molecule has 1 aliphatic heterocycles. The first kappa shape index (κ1) is 28.0. The van der Waals surface area contributed by atoms with E-state index in [0.29, 0.717) is 54.4 Å². The summed E-state index contributed by atoms with van der Waals surface area (Å²) in [5, 5.41) is 14.5. The Kier molecular flexibility index (Phi) is 9.10. The lowest BCUT2D eigenvalue weighted by Crippen LogP contribution is -2.42. The molecule has 3 amide bonds. The van der Waals surface area contributed by atoms with Gasteiger partial charge in [0.15, 0.2) is 11.6 Å². The van der Waals surface area contributed by atoms with Gasteiger partial charge in [0.1, 0.15) is 11.9 Å². The molecule has 0 aliphatic carbocycles. The molecule has 2 heterocycles. The Labute approximate surface area is 225 Å². The zero-order chi connectivity index (χ0) is 27.9. The molecule has 0 bridgehead atoms. The quantitative estimate of drug-likeness (QED) is 0.336. The van der Waals surface area contributed by atoms with Crippen molar-refractivity contribution >= 4 is 17.8 Å². The van der Waals surface area contributed by atoms with E-state index in [1.165, 1.54) is 6.07 Å². The highest BCUT2D eigenvalue weighted by atomic mass is 19.2. The lowest BCUT2D eigenvalue weighted by molar-refractivity contribution is -0.144. The Morgan fingerprint density at radius 3 is 2.62 bits per heavy atom. The Morgan fingerprint density at radius 2 is 1.92 bits per heavy atom. The summed E-state index contributed by atoms with van der Waals surface area (Å²) >= 11 is 0. The molecule has 1 fully saturated rings. The van der Waals surface area contributed by atoms with Crippen molar-refractivity contribution in [3.05, 3.63) is 71.3 Å². The molecule has 208 valence electrons. The minimum Gasteiger partial charge on any atom is -0.476 e. The van der Waals surface area contributed by atoms with Crippen molar-refractivity contribution < 1.29 is 27.9 Å². The molecule has 0 unspecified atom stereocenters. The molecule has 1 aliphatic rings. The van der Waals surface area contributed by atoms with E-state index in [-0.39, 0.29) is 12.5 Å². The number of nitrogens with one attached hydrogen (secondary N) is 3. The van der Waals surface area contributed by atoms with Gasteiger partial charge in [0.05, 0.1) is 23.9 Å². The summed E-state index contributed by atoms with van der Waals surface area (Å²) in [6.45, 7) is 4.83. The second-order valence-corrected chi connectivity index (χ2v) is 9.04. The highest BCUT2D eigenvalue weighted by molar-refractivity contribution is 5.90. The number of carbonyl (C=O) groups is 2. The molecule has 2 atom stereocenters. The van der Waals surface area contributed by atoms with Crippen LogP contribution in [0.4, 0.5) is 19.4 Å². The fourth-order valence-electron chi connectivity index (χ4n) is 4.25. The lowest BCUT2D eigenvalue weighted by atomic mass is 10.0. The average Bonchev–Trinajstić information content (AvgIpc) is 3.49. The van der Waals surface area contributed by atoms with Gasteiger partial charge >= 0.3 is 6.03 Å². The lowest BCUT2D eigenvalue weighted by Gasteiger charge is -2.19. The van der Waals surface area contributed by atoms with Crippen LogP contribution < -0.4 is 20.7 Å². The van der Waals surface area contributed by atoms with E-state index in [9.17, 15) is 18.4 Å². The number of hydroxylamine groups is 2. The second-order valence-electron chi connectivity index (χ2n) is 9.04. The Morgan fingerprint density at radius 1 is 1.15 bits per heavy atom. The molecular formula is C27H32F2N6O4. The maximum absolute atomic E-state index is 13.9. The van der Waals surface area contributed by atoms with Crippen LogP contribution in [0.3, 0.4) is 0 Å². The Bertz CT molecular complexity index is 1300. The Hall–Kier alpha value is -4.03. The number of benzene rings is 2. The fourth-order valence-corrected chi connectivity index (χ4v) is 4.25. The smallest absolute Gasteiger partial charge is 0.320 e. The summed E-state index contributed by atoms with van der Waals surface area (Å²) in [6, 6.07) is 11.7. The number of likely N-dealkylation sites (N-methyl/N-ethyl adjacent to an activating group) is 1. The molecule has 3 aromatic rings. The van der Waals surface area contributed by atoms with Crippen LogP contribution >= 0.6 is 0 Å². The molecular weight excluding hydrogens is 510 g/mol. The van der Waals surface area contributed by atoms with Crippen LogP contribution in [-0.2, 0) is 9.63 Å². The van der Waals surface area contributed by atoms with Gasteiger partial charge in [0.2, 0.25) is 11.8 Å². The number of hydrogen-bond acceptors (Lipinski definition) is 6. The fraction of sp³-hybridized carbons (Fsp3) is 0.370. The minimum absolute atomic E-state index is 0.0802. The summed E-state index contributed by atoms with van der Waals surface area (Å²) in [7, 11) is 1.58. The SMILES string of the molecule is CCN1C[C@@H](NC(=O)Nc2c(C)c(OCCCC(=O)NC)nn2-c2ccccc2)[C@H](c2ccc(F)c(F)c2)O1. The number of anilines is 1. The van der Waals surface area contributed by atoms with Crippen molar-refractivity contribution in [2.24, 2.45) is 0 Å². The third kappa shape index (κ3) is 6.70. The van der Waals surface area contributed by atoms with Gasteiger partial charge in [-0.1, -0.05) is 31.2 Å². The van der Waals surface area contributed by atoms with E-state index in [1.807, 2.05) is 37.3 Å². The van der Waals surface area contributed by atoms with Crippen LogP contribution in [0, 0.1) is 18.6 Å². The number of para-hydroxylation sites is 1. The van der Waals surface area contributed by atoms with E-state index in [1.54, 1.807) is 23.7 Å². The van der Waals surface area contributed by atoms with E-state index >= 15 is 0 Å². The van der Waals surface area contributed by atoms with Gasteiger partial charge in [-0.15, -0.1) is 5.10 Å². The van der Waals surface area contributed by atoms with Gasteiger partial charge in [-0.3, -0.25) is 14.9 Å². The third-order valence-corrected chi connectivity index (χ3v) is 6.35. The summed E-state index contributed by atoms with van der Waals surface area (Å²) in [5.74, 6) is -1.30. The number of carbonyl (C=O) groups excluding carboxylic acids is 2.